The number of nitrogens with zero attached hydrogens (tertiary/aromatic N) is 4. The van der Waals surface area contributed by atoms with Crippen LogP contribution >= 0.6 is 0 Å². The number of amides is 1. The summed E-state index contributed by atoms with van der Waals surface area (Å²) in [6, 6.07) is 3.01. The molecule has 0 radical (unpaired) electrons. The van der Waals surface area contributed by atoms with E-state index < -0.39 is 4.92 Å². The third kappa shape index (κ3) is 4.66. The zero-order chi connectivity index (χ0) is 16.7. The summed E-state index contributed by atoms with van der Waals surface area (Å²) in [4.78, 5) is 30.5. The molecule has 1 saturated heterocycles. The van der Waals surface area contributed by atoms with Gasteiger partial charge < -0.3 is 10.2 Å². The van der Waals surface area contributed by atoms with Gasteiger partial charge in [0.2, 0.25) is 11.7 Å². The lowest BCUT2D eigenvalue weighted by Gasteiger charge is -2.22. The summed E-state index contributed by atoms with van der Waals surface area (Å²) < 4.78 is 0. The Bertz CT molecular complexity index is 613. The van der Waals surface area contributed by atoms with E-state index in [1.54, 1.807) is 12.3 Å². The molecule has 0 bridgehead atoms. The number of hydrogen-bond acceptors (Lipinski definition) is 6. The lowest BCUT2D eigenvalue weighted by molar-refractivity contribution is -0.384. The van der Waals surface area contributed by atoms with Crippen molar-refractivity contribution in [2.24, 2.45) is 0 Å². The van der Waals surface area contributed by atoms with Crippen LogP contribution in [0, 0.1) is 22.5 Å². The molecule has 0 spiro atoms. The molecule has 0 aliphatic carbocycles. The summed E-state index contributed by atoms with van der Waals surface area (Å²) in [5.74, 6) is 2.64. The van der Waals surface area contributed by atoms with Gasteiger partial charge in [0, 0.05) is 38.4 Å². The van der Waals surface area contributed by atoms with Crippen LogP contribution < -0.4 is 10.2 Å². The van der Waals surface area contributed by atoms with Crippen LogP contribution in [0.15, 0.2) is 18.3 Å². The van der Waals surface area contributed by atoms with Crippen LogP contribution in [0.1, 0.15) is 6.42 Å². The first kappa shape index (κ1) is 16.7. The van der Waals surface area contributed by atoms with Crippen LogP contribution in [0.2, 0.25) is 0 Å². The Labute approximate surface area is 134 Å². The summed E-state index contributed by atoms with van der Waals surface area (Å²) in [6.07, 6.45) is 7.46. The van der Waals surface area contributed by atoms with E-state index in [1.165, 1.54) is 6.07 Å². The third-order valence-electron chi connectivity index (χ3n) is 3.61. The van der Waals surface area contributed by atoms with Gasteiger partial charge in [-0.3, -0.25) is 19.8 Å². The lowest BCUT2D eigenvalue weighted by Crippen LogP contribution is -2.39. The SMILES string of the molecule is C#CCNC(=O)CN1CCCN(c2ncccc2[N+](=O)[O-])CC1. The fourth-order valence-corrected chi connectivity index (χ4v) is 2.52. The maximum absolute atomic E-state index is 11.7. The highest BCUT2D eigenvalue weighted by Gasteiger charge is 2.23. The van der Waals surface area contributed by atoms with Crippen LogP contribution in [0.3, 0.4) is 0 Å². The molecule has 122 valence electrons. The van der Waals surface area contributed by atoms with Crippen LogP contribution in [0.25, 0.3) is 0 Å². The van der Waals surface area contributed by atoms with E-state index >= 15 is 0 Å². The van der Waals surface area contributed by atoms with Gasteiger partial charge >= 0.3 is 5.69 Å². The highest BCUT2D eigenvalue weighted by atomic mass is 16.6. The number of nitrogens with one attached hydrogen (secondary N) is 1. The summed E-state index contributed by atoms with van der Waals surface area (Å²) in [5.41, 5.74) is 0.00714. The number of carbonyl (C=O) groups excluding carboxylic acids is 1. The fourth-order valence-electron chi connectivity index (χ4n) is 2.52. The van der Waals surface area contributed by atoms with E-state index in [2.05, 4.69) is 16.2 Å². The second-order valence-electron chi connectivity index (χ2n) is 5.20. The van der Waals surface area contributed by atoms with E-state index in [4.69, 9.17) is 6.42 Å². The maximum atomic E-state index is 11.7. The third-order valence-corrected chi connectivity index (χ3v) is 3.61. The summed E-state index contributed by atoms with van der Waals surface area (Å²) >= 11 is 0. The Kier molecular flexibility index (Phi) is 5.88. The molecule has 0 aromatic carbocycles. The molecule has 0 unspecified atom stereocenters. The Balaban J connectivity index is 1.98. The molecule has 1 aliphatic heterocycles. The van der Waals surface area contributed by atoms with E-state index in [1.807, 2.05) is 9.80 Å². The van der Waals surface area contributed by atoms with Crippen molar-refractivity contribution in [3.8, 4) is 12.3 Å². The molecule has 1 aromatic rings. The number of terminal acetylenes is 1. The summed E-state index contributed by atoms with van der Waals surface area (Å²) in [6.45, 7) is 3.14. The minimum absolute atomic E-state index is 0.00714. The van der Waals surface area contributed by atoms with Crippen molar-refractivity contribution in [2.75, 3.05) is 44.2 Å². The van der Waals surface area contributed by atoms with Crippen molar-refractivity contribution in [3.05, 3.63) is 28.4 Å². The van der Waals surface area contributed by atoms with Gasteiger partial charge in [-0.05, 0) is 12.5 Å². The van der Waals surface area contributed by atoms with Crippen LogP contribution in [-0.4, -0.2) is 60.0 Å². The fraction of sp³-hybridized carbons (Fsp3) is 0.467. The van der Waals surface area contributed by atoms with Gasteiger partial charge in [-0.1, -0.05) is 5.92 Å². The van der Waals surface area contributed by atoms with Crippen molar-refractivity contribution in [3.63, 3.8) is 0 Å². The Morgan fingerprint density at radius 3 is 3.00 bits per heavy atom. The number of pyridine rings is 1. The van der Waals surface area contributed by atoms with Gasteiger partial charge in [0.1, 0.15) is 0 Å². The molecule has 8 nitrogen and oxygen atoms in total. The van der Waals surface area contributed by atoms with E-state index in [0.29, 0.717) is 25.5 Å². The highest BCUT2D eigenvalue weighted by Crippen LogP contribution is 2.25. The number of rotatable bonds is 5. The molecule has 23 heavy (non-hydrogen) atoms. The highest BCUT2D eigenvalue weighted by molar-refractivity contribution is 5.78. The molecule has 1 aromatic heterocycles. The normalized spacial score (nSPS) is 15.5. The predicted molar refractivity (Wildman–Crippen MR) is 86.0 cm³/mol. The number of nitro groups is 1. The molecule has 2 heterocycles. The van der Waals surface area contributed by atoms with Gasteiger partial charge in [-0.2, -0.15) is 0 Å². The van der Waals surface area contributed by atoms with Crippen LogP contribution in [-0.2, 0) is 4.79 Å². The van der Waals surface area contributed by atoms with Gasteiger partial charge in [0.15, 0.2) is 0 Å². The van der Waals surface area contributed by atoms with Crippen LogP contribution in [0.4, 0.5) is 11.5 Å². The Morgan fingerprint density at radius 1 is 1.43 bits per heavy atom. The van der Waals surface area contributed by atoms with Crippen molar-refractivity contribution >= 4 is 17.4 Å². The van der Waals surface area contributed by atoms with Crippen LogP contribution in [0.5, 0.6) is 0 Å². The van der Waals surface area contributed by atoms with Crippen molar-refractivity contribution < 1.29 is 9.72 Å². The monoisotopic (exact) mass is 317 g/mol. The van der Waals surface area contributed by atoms with E-state index in [-0.39, 0.29) is 24.7 Å². The zero-order valence-electron chi connectivity index (χ0n) is 12.8. The number of hydrogen-bond donors (Lipinski definition) is 1. The molecule has 0 saturated carbocycles. The minimum atomic E-state index is -0.418. The molecular formula is C15H19N5O3. The van der Waals surface area contributed by atoms with Gasteiger partial charge in [0.05, 0.1) is 18.0 Å². The second-order valence-corrected chi connectivity index (χ2v) is 5.20. The van der Waals surface area contributed by atoms with Crippen molar-refractivity contribution in [1.82, 2.24) is 15.2 Å². The molecule has 8 heteroatoms. The van der Waals surface area contributed by atoms with E-state index in [0.717, 1.165) is 13.0 Å². The summed E-state index contributed by atoms with van der Waals surface area (Å²) in [5, 5.41) is 13.8. The predicted octanol–water partition coefficient (Wildman–Crippen LogP) is 0.251. The average Bonchev–Trinajstić information content (AvgIpc) is 2.78. The van der Waals surface area contributed by atoms with Crippen molar-refractivity contribution in [1.29, 1.82) is 0 Å². The first-order valence-electron chi connectivity index (χ1n) is 7.38. The van der Waals surface area contributed by atoms with Gasteiger partial charge in [-0.15, -0.1) is 6.42 Å². The maximum Gasteiger partial charge on any atom is 0.311 e. The molecule has 1 N–H and O–H groups in total. The molecule has 2 rings (SSSR count). The van der Waals surface area contributed by atoms with Crippen molar-refractivity contribution in [2.45, 2.75) is 6.42 Å². The Morgan fingerprint density at radius 2 is 2.26 bits per heavy atom. The molecule has 1 amide bonds. The largest absolute Gasteiger partial charge is 0.350 e. The Hall–Kier alpha value is -2.66. The van der Waals surface area contributed by atoms with Gasteiger partial charge in [0.25, 0.3) is 0 Å². The lowest BCUT2D eigenvalue weighted by atomic mass is 10.3. The minimum Gasteiger partial charge on any atom is -0.350 e. The second kappa shape index (κ2) is 8.10. The standard InChI is InChI=1S/C15H19N5O3/c1-2-6-16-14(21)12-18-8-4-9-19(11-10-18)15-13(20(22)23)5-3-7-17-15/h1,3,5,7H,4,6,8-12H2,(H,16,21). The average molecular weight is 317 g/mol. The molecule has 0 atom stereocenters. The number of aromatic nitrogens is 1. The number of carbonyl (C=O) groups is 1. The quantitative estimate of drug-likeness (QED) is 0.475. The first-order valence-corrected chi connectivity index (χ1v) is 7.38. The van der Waals surface area contributed by atoms with E-state index in [9.17, 15) is 14.9 Å². The van der Waals surface area contributed by atoms with Gasteiger partial charge in [-0.25, -0.2) is 4.98 Å². The zero-order valence-corrected chi connectivity index (χ0v) is 12.8. The molecule has 1 fully saturated rings. The topological polar surface area (TPSA) is 91.6 Å². The summed E-state index contributed by atoms with van der Waals surface area (Å²) in [7, 11) is 0. The smallest absolute Gasteiger partial charge is 0.311 e. The number of anilines is 1. The molecule has 1 aliphatic rings. The first-order chi connectivity index (χ1) is 11.1. The molecular weight excluding hydrogens is 298 g/mol.